The number of fused-ring (bicyclic) bond motifs is 1. The molecule has 0 aliphatic rings. The van der Waals surface area contributed by atoms with Crippen molar-refractivity contribution in [3.8, 4) is 0 Å². The molecule has 0 saturated heterocycles. The lowest BCUT2D eigenvalue weighted by Crippen LogP contribution is -2.17. The molecule has 0 radical (unpaired) electrons. The van der Waals surface area contributed by atoms with E-state index in [-0.39, 0.29) is 0 Å². The van der Waals surface area contributed by atoms with Crippen LogP contribution in [0.1, 0.15) is 5.56 Å². The van der Waals surface area contributed by atoms with E-state index >= 15 is 0 Å². The number of nitrogens with zero attached hydrogens (tertiary/aromatic N) is 2. The zero-order valence-electron chi connectivity index (χ0n) is 11.8. The fourth-order valence-corrected chi connectivity index (χ4v) is 2.68. The van der Waals surface area contributed by atoms with Crippen LogP contribution in [0.4, 0.5) is 11.4 Å². The van der Waals surface area contributed by atoms with Gasteiger partial charge in [0, 0.05) is 35.9 Å². The lowest BCUT2D eigenvalue weighted by Gasteiger charge is -2.22. The van der Waals surface area contributed by atoms with Gasteiger partial charge in [0.2, 0.25) is 0 Å². The van der Waals surface area contributed by atoms with Crippen LogP contribution in [0.25, 0.3) is 10.9 Å². The Labute approximate surface area is 129 Å². The van der Waals surface area contributed by atoms with Crippen molar-refractivity contribution in [3.05, 3.63) is 65.3 Å². The third-order valence-electron chi connectivity index (χ3n) is 3.55. The Morgan fingerprint density at radius 2 is 1.90 bits per heavy atom. The van der Waals surface area contributed by atoms with Crippen molar-refractivity contribution in [1.82, 2.24) is 4.98 Å². The first kappa shape index (κ1) is 13.7. The van der Waals surface area contributed by atoms with Gasteiger partial charge in [0.1, 0.15) is 0 Å². The van der Waals surface area contributed by atoms with Crippen molar-refractivity contribution in [1.29, 1.82) is 0 Å². The maximum absolute atomic E-state index is 6.24. The second-order valence-corrected chi connectivity index (χ2v) is 5.43. The molecule has 0 atom stereocenters. The van der Waals surface area contributed by atoms with E-state index in [0.29, 0.717) is 5.69 Å². The Hall–Kier alpha value is -2.26. The fourth-order valence-electron chi connectivity index (χ4n) is 2.48. The van der Waals surface area contributed by atoms with Crippen molar-refractivity contribution >= 4 is 33.9 Å². The molecule has 0 saturated carbocycles. The van der Waals surface area contributed by atoms with Crippen LogP contribution in [0.15, 0.2) is 54.7 Å². The summed E-state index contributed by atoms with van der Waals surface area (Å²) >= 11 is 6.24. The first-order valence-electron chi connectivity index (χ1n) is 6.74. The van der Waals surface area contributed by atoms with Crippen LogP contribution >= 0.6 is 11.6 Å². The first-order chi connectivity index (χ1) is 10.2. The Morgan fingerprint density at radius 1 is 1.10 bits per heavy atom. The number of halogens is 1. The summed E-state index contributed by atoms with van der Waals surface area (Å²) in [6, 6.07) is 15.8. The molecule has 4 heteroatoms. The second kappa shape index (κ2) is 5.62. The molecule has 1 aromatic heterocycles. The van der Waals surface area contributed by atoms with Gasteiger partial charge in [-0.3, -0.25) is 4.98 Å². The minimum atomic E-state index is 0.695. The van der Waals surface area contributed by atoms with Gasteiger partial charge in [-0.2, -0.15) is 0 Å². The number of benzene rings is 2. The summed E-state index contributed by atoms with van der Waals surface area (Å²) in [5.74, 6) is 0. The molecule has 0 fully saturated rings. The van der Waals surface area contributed by atoms with E-state index in [9.17, 15) is 0 Å². The Kier molecular flexibility index (Phi) is 3.67. The van der Waals surface area contributed by atoms with E-state index in [2.05, 4.69) is 9.88 Å². The fraction of sp³-hybridized carbons (Fsp3) is 0.118. The van der Waals surface area contributed by atoms with Crippen LogP contribution < -0.4 is 10.6 Å². The molecular weight excluding hydrogens is 282 g/mol. The molecule has 3 rings (SSSR count). The average Bonchev–Trinajstić information content (AvgIpc) is 2.50. The van der Waals surface area contributed by atoms with Gasteiger partial charge in [-0.15, -0.1) is 0 Å². The van der Waals surface area contributed by atoms with Gasteiger partial charge < -0.3 is 10.6 Å². The first-order valence-corrected chi connectivity index (χ1v) is 7.12. The van der Waals surface area contributed by atoms with Crippen LogP contribution in [0.2, 0.25) is 5.02 Å². The van der Waals surface area contributed by atoms with Gasteiger partial charge in [0.05, 0.1) is 11.2 Å². The quantitative estimate of drug-likeness (QED) is 0.740. The van der Waals surface area contributed by atoms with E-state index in [1.54, 1.807) is 6.20 Å². The Bertz CT molecular complexity index is 786. The summed E-state index contributed by atoms with van der Waals surface area (Å²) in [7, 11) is 2.04. The summed E-state index contributed by atoms with van der Waals surface area (Å²) < 4.78 is 0. The lowest BCUT2D eigenvalue weighted by atomic mass is 10.1. The number of nitrogens with two attached hydrogens (primary N) is 1. The van der Waals surface area contributed by atoms with Crippen molar-refractivity contribution in [3.63, 3.8) is 0 Å². The predicted octanol–water partition coefficient (Wildman–Crippen LogP) is 4.11. The number of hydrogen-bond donors (Lipinski definition) is 1. The van der Waals surface area contributed by atoms with E-state index in [0.717, 1.165) is 33.7 Å². The standard InChI is InChI=1S/C17H16ClN3/c1-21(11-12-5-2-3-7-14(12)18)16-9-8-15(19)17-13(16)6-4-10-20-17/h2-10H,11,19H2,1H3. The van der Waals surface area contributed by atoms with Gasteiger partial charge >= 0.3 is 0 Å². The van der Waals surface area contributed by atoms with Gasteiger partial charge in [0.25, 0.3) is 0 Å². The van der Waals surface area contributed by atoms with Crippen LogP contribution in [0, 0.1) is 0 Å². The number of nitrogen functional groups attached to an aromatic ring is 1. The third-order valence-corrected chi connectivity index (χ3v) is 3.92. The van der Waals surface area contributed by atoms with Gasteiger partial charge in [0.15, 0.2) is 0 Å². The van der Waals surface area contributed by atoms with Crippen LogP contribution in [-0.4, -0.2) is 12.0 Å². The topological polar surface area (TPSA) is 42.1 Å². The second-order valence-electron chi connectivity index (χ2n) is 5.02. The summed E-state index contributed by atoms with van der Waals surface area (Å²) in [5, 5.41) is 1.83. The molecule has 1 heterocycles. The zero-order chi connectivity index (χ0) is 14.8. The zero-order valence-corrected chi connectivity index (χ0v) is 12.5. The molecule has 2 aromatic carbocycles. The van der Waals surface area contributed by atoms with E-state index in [1.807, 2.05) is 55.6 Å². The number of aromatic nitrogens is 1. The molecule has 2 N–H and O–H groups in total. The summed E-state index contributed by atoms with van der Waals surface area (Å²) in [6.45, 7) is 0.730. The predicted molar refractivity (Wildman–Crippen MR) is 89.7 cm³/mol. The molecule has 0 aliphatic carbocycles. The number of pyridine rings is 1. The smallest absolute Gasteiger partial charge is 0.0951 e. The van der Waals surface area contributed by atoms with Gasteiger partial charge in [-0.25, -0.2) is 0 Å². The summed E-state index contributed by atoms with van der Waals surface area (Å²) in [4.78, 5) is 6.53. The summed E-state index contributed by atoms with van der Waals surface area (Å²) in [6.07, 6.45) is 1.76. The van der Waals surface area contributed by atoms with Crippen LogP contribution in [0.3, 0.4) is 0 Å². The molecule has 21 heavy (non-hydrogen) atoms. The van der Waals surface area contributed by atoms with Crippen molar-refractivity contribution in [2.75, 3.05) is 17.7 Å². The highest BCUT2D eigenvalue weighted by Gasteiger charge is 2.10. The number of rotatable bonds is 3. The number of hydrogen-bond acceptors (Lipinski definition) is 3. The average molecular weight is 298 g/mol. The molecule has 0 amide bonds. The largest absolute Gasteiger partial charge is 0.397 e. The maximum Gasteiger partial charge on any atom is 0.0951 e. The molecule has 3 aromatic rings. The highest BCUT2D eigenvalue weighted by molar-refractivity contribution is 6.31. The lowest BCUT2D eigenvalue weighted by molar-refractivity contribution is 0.928. The molecule has 0 bridgehead atoms. The van der Waals surface area contributed by atoms with E-state index in [4.69, 9.17) is 17.3 Å². The number of anilines is 2. The maximum atomic E-state index is 6.24. The highest BCUT2D eigenvalue weighted by atomic mass is 35.5. The minimum Gasteiger partial charge on any atom is -0.397 e. The SMILES string of the molecule is CN(Cc1ccccc1Cl)c1ccc(N)c2ncccc12. The van der Waals surface area contributed by atoms with Gasteiger partial charge in [-0.1, -0.05) is 29.8 Å². The monoisotopic (exact) mass is 297 g/mol. The normalized spacial score (nSPS) is 10.8. The van der Waals surface area contributed by atoms with Crippen molar-refractivity contribution in [2.45, 2.75) is 6.54 Å². The molecule has 0 unspecified atom stereocenters. The van der Waals surface area contributed by atoms with Crippen molar-refractivity contribution < 1.29 is 0 Å². The van der Waals surface area contributed by atoms with Gasteiger partial charge in [-0.05, 0) is 35.9 Å². The Morgan fingerprint density at radius 3 is 2.71 bits per heavy atom. The molecule has 3 nitrogen and oxygen atoms in total. The molecular formula is C17H16ClN3. The third kappa shape index (κ3) is 2.65. The molecule has 0 spiro atoms. The summed E-state index contributed by atoms with van der Waals surface area (Å²) in [5.41, 5.74) is 9.71. The molecule has 106 valence electrons. The van der Waals surface area contributed by atoms with Crippen LogP contribution in [-0.2, 0) is 6.54 Å². The molecule has 0 aliphatic heterocycles. The van der Waals surface area contributed by atoms with Crippen molar-refractivity contribution in [2.24, 2.45) is 0 Å². The highest BCUT2D eigenvalue weighted by Crippen LogP contribution is 2.30. The van der Waals surface area contributed by atoms with Crippen LogP contribution in [0.5, 0.6) is 0 Å². The Balaban J connectivity index is 2.01. The minimum absolute atomic E-state index is 0.695. The van der Waals surface area contributed by atoms with E-state index in [1.165, 1.54) is 0 Å². The van der Waals surface area contributed by atoms with E-state index < -0.39 is 0 Å².